The molecule has 0 aliphatic carbocycles. The normalized spacial score (nSPS) is 20.5. The lowest BCUT2D eigenvalue weighted by molar-refractivity contribution is -0.136. The van der Waals surface area contributed by atoms with E-state index in [0.717, 1.165) is 4.31 Å². The molecule has 2 rings (SSSR count). The maximum Gasteiger partial charge on any atom is 0.247 e. The van der Waals surface area contributed by atoms with E-state index in [1.54, 1.807) is 0 Å². The van der Waals surface area contributed by atoms with E-state index >= 15 is 0 Å². The molecule has 1 fully saturated rings. The Hall–Kier alpha value is -0.670. The summed E-state index contributed by atoms with van der Waals surface area (Å²) in [5, 5.41) is 1.87. The van der Waals surface area contributed by atoms with Crippen LogP contribution in [0.2, 0.25) is 10.0 Å². The molecular weight excluding hydrogens is 407 g/mol. The van der Waals surface area contributed by atoms with Gasteiger partial charge >= 0.3 is 0 Å². The van der Waals surface area contributed by atoms with Crippen LogP contribution in [0.5, 0.6) is 0 Å². The van der Waals surface area contributed by atoms with Crippen molar-refractivity contribution in [1.29, 1.82) is 0 Å². The molecule has 21 heavy (non-hydrogen) atoms. The van der Waals surface area contributed by atoms with Crippen molar-refractivity contribution < 1.29 is 18.0 Å². The highest BCUT2D eigenvalue weighted by atomic mass is 79.9. The number of benzene rings is 1. The van der Waals surface area contributed by atoms with Gasteiger partial charge in [-0.3, -0.25) is 14.9 Å². The van der Waals surface area contributed by atoms with Crippen LogP contribution in [0.25, 0.3) is 0 Å². The number of imide groups is 1. The summed E-state index contributed by atoms with van der Waals surface area (Å²) >= 11 is 15.1. The molecule has 1 heterocycles. The molecule has 0 spiro atoms. The summed E-state index contributed by atoms with van der Waals surface area (Å²) in [4.78, 5) is 22.7. The average molecular weight is 416 g/mol. The molecule has 0 bridgehead atoms. The number of nitrogens with zero attached hydrogens (tertiary/aromatic N) is 1. The zero-order chi connectivity index (χ0) is 15.9. The van der Waals surface area contributed by atoms with Crippen LogP contribution in [-0.2, 0) is 19.6 Å². The van der Waals surface area contributed by atoms with E-state index in [4.69, 9.17) is 23.2 Å². The molecule has 1 aliphatic heterocycles. The monoisotopic (exact) mass is 414 g/mol. The Kier molecular flexibility index (Phi) is 4.65. The van der Waals surface area contributed by atoms with Gasteiger partial charge in [-0.05, 0) is 19.1 Å². The van der Waals surface area contributed by atoms with Gasteiger partial charge in [-0.25, -0.2) is 8.42 Å². The first-order chi connectivity index (χ1) is 9.64. The first-order valence-corrected chi connectivity index (χ1v) is 8.63. The Morgan fingerprint density at radius 2 is 1.81 bits per heavy atom. The molecule has 1 aliphatic rings. The third kappa shape index (κ3) is 3.09. The van der Waals surface area contributed by atoms with E-state index in [2.05, 4.69) is 21.2 Å². The van der Waals surface area contributed by atoms with Crippen LogP contribution in [0.4, 0.5) is 0 Å². The summed E-state index contributed by atoms with van der Waals surface area (Å²) in [6, 6.07) is 1.71. The van der Waals surface area contributed by atoms with E-state index in [1.165, 1.54) is 19.1 Å². The Bertz CT molecular complexity index is 715. The summed E-state index contributed by atoms with van der Waals surface area (Å²) in [5.74, 6) is -1.40. The fourth-order valence-corrected chi connectivity index (χ4v) is 5.31. The number of carbonyl (C=O) groups is 2. The van der Waals surface area contributed by atoms with Gasteiger partial charge in [-0.15, -0.1) is 0 Å². The second-order valence-corrected chi connectivity index (χ2v) is 7.89. The van der Waals surface area contributed by atoms with Gasteiger partial charge in [0.25, 0.3) is 0 Å². The lowest BCUT2D eigenvalue weighted by Gasteiger charge is -2.31. The van der Waals surface area contributed by atoms with Gasteiger partial charge < -0.3 is 0 Å². The molecule has 114 valence electrons. The molecule has 1 saturated heterocycles. The van der Waals surface area contributed by atoms with Crippen molar-refractivity contribution in [1.82, 2.24) is 9.62 Å². The third-order valence-corrected chi connectivity index (χ3v) is 6.20. The molecule has 6 nitrogen and oxygen atoms in total. The van der Waals surface area contributed by atoms with E-state index in [9.17, 15) is 18.0 Å². The Morgan fingerprint density at radius 3 is 2.33 bits per heavy atom. The van der Waals surface area contributed by atoms with E-state index in [-0.39, 0.29) is 14.9 Å². The quantitative estimate of drug-likeness (QED) is 0.746. The van der Waals surface area contributed by atoms with Crippen molar-refractivity contribution in [3.63, 3.8) is 0 Å². The zero-order valence-electron chi connectivity index (χ0n) is 10.6. The van der Waals surface area contributed by atoms with Crippen molar-refractivity contribution in [2.75, 3.05) is 6.54 Å². The number of piperazine rings is 1. The minimum atomic E-state index is -4.19. The topological polar surface area (TPSA) is 83.6 Å². The van der Waals surface area contributed by atoms with Crippen molar-refractivity contribution in [3.8, 4) is 0 Å². The van der Waals surface area contributed by atoms with Crippen molar-refractivity contribution in [3.05, 3.63) is 26.7 Å². The zero-order valence-corrected chi connectivity index (χ0v) is 14.5. The van der Waals surface area contributed by atoms with Crippen LogP contribution >= 0.6 is 39.1 Å². The SMILES string of the molecule is CC1C(=O)NC(=O)CN1S(=O)(=O)c1c(Cl)cc(Br)cc1Cl. The summed E-state index contributed by atoms with van der Waals surface area (Å²) in [5.41, 5.74) is 0. The molecule has 1 N–H and O–H groups in total. The molecular formula is C11H9BrCl2N2O4S. The van der Waals surface area contributed by atoms with Crippen molar-refractivity contribution in [2.45, 2.75) is 17.9 Å². The number of hydrogen-bond acceptors (Lipinski definition) is 4. The lowest BCUT2D eigenvalue weighted by atomic mass is 10.2. The van der Waals surface area contributed by atoms with Crippen LogP contribution in [0.3, 0.4) is 0 Å². The Balaban J connectivity index is 2.57. The van der Waals surface area contributed by atoms with Gasteiger partial charge in [-0.1, -0.05) is 39.1 Å². The maximum atomic E-state index is 12.7. The number of hydrogen-bond donors (Lipinski definition) is 1. The average Bonchev–Trinajstić information content (AvgIpc) is 2.31. The number of carbonyl (C=O) groups excluding carboxylic acids is 2. The first-order valence-electron chi connectivity index (χ1n) is 5.64. The molecule has 1 unspecified atom stereocenters. The minimum absolute atomic E-state index is 0.0972. The largest absolute Gasteiger partial charge is 0.294 e. The van der Waals surface area contributed by atoms with Gasteiger partial charge in [0, 0.05) is 4.47 Å². The molecule has 0 radical (unpaired) electrons. The van der Waals surface area contributed by atoms with Gasteiger partial charge in [0.05, 0.1) is 16.6 Å². The number of rotatable bonds is 2. The van der Waals surface area contributed by atoms with Crippen molar-refractivity contribution in [2.24, 2.45) is 0 Å². The second kappa shape index (κ2) is 5.85. The fraction of sp³-hybridized carbons (Fsp3) is 0.273. The Morgan fingerprint density at radius 1 is 1.29 bits per heavy atom. The van der Waals surface area contributed by atoms with Crippen LogP contribution in [0, 0.1) is 0 Å². The predicted molar refractivity (Wildman–Crippen MR) is 80.7 cm³/mol. The third-order valence-electron chi connectivity index (χ3n) is 2.90. The maximum absolute atomic E-state index is 12.7. The summed E-state index contributed by atoms with van der Waals surface area (Å²) in [7, 11) is -4.19. The molecule has 0 aromatic heterocycles. The minimum Gasteiger partial charge on any atom is -0.294 e. The molecule has 1 aromatic rings. The number of halogens is 3. The van der Waals surface area contributed by atoms with E-state index in [0.29, 0.717) is 4.47 Å². The summed E-state index contributed by atoms with van der Waals surface area (Å²) in [6.45, 7) is 0.901. The van der Waals surface area contributed by atoms with Gasteiger partial charge in [0.1, 0.15) is 10.9 Å². The van der Waals surface area contributed by atoms with Crippen LogP contribution in [0.1, 0.15) is 6.92 Å². The van der Waals surface area contributed by atoms with Crippen molar-refractivity contribution >= 4 is 61.0 Å². The highest BCUT2D eigenvalue weighted by Gasteiger charge is 2.40. The number of nitrogens with one attached hydrogen (secondary N) is 1. The van der Waals surface area contributed by atoms with Gasteiger partial charge in [-0.2, -0.15) is 4.31 Å². The van der Waals surface area contributed by atoms with Crippen LogP contribution < -0.4 is 5.32 Å². The molecule has 1 aromatic carbocycles. The van der Waals surface area contributed by atoms with Gasteiger partial charge in [0.15, 0.2) is 0 Å². The predicted octanol–water partition coefficient (Wildman–Crippen LogP) is 1.79. The smallest absolute Gasteiger partial charge is 0.247 e. The summed E-state index contributed by atoms with van der Waals surface area (Å²) < 4.78 is 26.6. The fourth-order valence-electron chi connectivity index (χ4n) is 1.88. The van der Waals surface area contributed by atoms with Crippen LogP contribution in [0.15, 0.2) is 21.5 Å². The molecule has 10 heteroatoms. The number of sulfonamides is 1. The highest BCUT2D eigenvalue weighted by molar-refractivity contribution is 9.10. The molecule has 1 atom stereocenters. The van der Waals surface area contributed by atoms with E-state index < -0.39 is 34.4 Å². The standard InChI is InChI=1S/C11H9BrCl2N2O4S/c1-5-11(18)15-9(17)4-16(5)21(19,20)10-7(13)2-6(12)3-8(10)14/h2-3,5H,4H2,1H3,(H,15,17,18). The molecule has 2 amide bonds. The van der Waals surface area contributed by atoms with E-state index in [1.807, 2.05) is 0 Å². The molecule has 0 saturated carbocycles. The summed E-state index contributed by atoms with van der Waals surface area (Å²) in [6.07, 6.45) is 0. The highest BCUT2D eigenvalue weighted by Crippen LogP contribution is 2.35. The number of amides is 2. The van der Waals surface area contributed by atoms with Crippen LogP contribution in [-0.4, -0.2) is 37.1 Å². The second-order valence-electron chi connectivity index (χ2n) is 4.34. The lowest BCUT2D eigenvalue weighted by Crippen LogP contribution is -2.58. The first kappa shape index (κ1) is 16.7. The van der Waals surface area contributed by atoms with Gasteiger partial charge in [0.2, 0.25) is 21.8 Å². The Labute approximate surface area is 139 Å².